The molecule has 0 aromatic heterocycles. The lowest BCUT2D eigenvalue weighted by Crippen LogP contribution is -2.42. The van der Waals surface area contributed by atoms with Crippen LogP contribution in [-0.4, -0.2) is 35.2 Å². The quantitative estimate of drug-likeness (QED) is 0.872. The molecule has 2 amide bonds. The van der Waals surface area contributed by atoms with Gasteiger partial charge in [-0.2, -0.15) is 0 Å². The van der Waals surface area contributed by atoms with Crippen LogP contribution < -0.4 is 5.32 Å². The van der Waals surface area contributed by atoms with Crippen LogP contribution in [0.5, 0.6) is 0 Å². The van der Waals surface area contributed by atoms with Crippen LogP contribution in [0.15, 0.2) is 18.2 Å². The minimum atomic E-state index is -0.278. The number of aliphatic hydroxyl groups is 1. The number of likely N-dealkylation sites (tertiary alicyclic amines) is 1. The number of nitrogens with one attached hydrogen (secondary N) is 1. The predicted molar refractivity (Wildman–Crippen MR) is 80.9 cm³/mol. The average molecular weight is 276 g/mol. The first kappa shape index (κ1) is 14.9. The number of anilines is 1. The molecule has 0 saturated carbocycles. The van der Waals surface area contributed by atoms with Gasteiger partial charge in [0.15, 0.2) is 0 Å². The van der Waals surface area contributed by atoms with Crippen LogP contribution in [0.2, 0.25) is 0 Å². The summed E-state index contributed by atoms with van der Waals surface area (Å²) in [5.74, 6) is 0.320. The lowest BCUT2D eigenvalue weighted by molar-refractivity contribution is 0.0820. The van der Waals surface area contributed by atoms with Gasteiger partial charge in [-0.05, 0) is 51.2 Å². The highest BCUT2D eigenvalue weighted by Crippen LogP contribution is 2.22. The van der Waals surface area contributed by atoms with E-state index in [0.717, 1.165) is 24.1 Å². The van der Waals surface area contributed by atoms with Crippen molar-refractivity contribution < 1.29 is 9.90 Å². The van der Waals surface area contributed by atoms with Gasteiger partial charge in [-0.15, -0.1) is 0 Å². The minimum Gasteiger partial charge on any atom is -0.393 e. The normalized spacial score (nSPS) is 17.9. The number of hydrogen-bond acceptors (Lipinski definition) is 2. The number of benzene rings is 1. The number of amides is 2. The third-order valence-electron chi connectivity index (χ3n) is 4.13. The molecule has 0 spiro atoms. The molecule has 1 aliphatic heterocycles. The van der Waals surface area contributed by atoms with Gasteiger partial charge in [0.05, 0.1) is 6.10 Å². The van der Waals surface area contributed by atoms with Crippen molar-refractivity contribution in [1.29, 1.82) is 0 Å². The first-order valence-corrected chi connectivity index (χ1v) is 7.28. The van der Waals surface area contributed by atoms with E-state index >= 15 is 0 Å². The van der Waals surface area contributed by atoms with Crippen molar-refractivity contribution in [1.82, 2.24) is 4.90 Å². The highest BCUT2D eigenvalue weighted by Gasteiger charge is 2.25. The first-order chi connectivity index (χ1) is 9.47. The molecular formula is C16H24N2O2. The van der Waals surface area contributed by atoms with Crippen LogP contribution in [0.3, 0.4) is 0 Å². The summed E-state index contributed by atoms with van der Waals surface area (Å²) in [4.78, 5) is 14.1. The fourth-order valence-corrected chi connectivity index (χ4v) is 2.73. The van der Waals surface area contributed by atoms with E-state index in [-0.39, 0.29) is 12.1 Å². The molecule has 1 atom stereocenters. The van der Waals surface area contributed by atoms with Crippen molar-refractivity contribution in [2.75, 3.05) is 18.4 Å². The Balaban J connectivity index is 1.93. The molecule has 0 aliphatic carbocycles. The molecule has 1 unspecified atom stereocenters. The Morgan fingerprint density at radius 1 is 1.35 bits per heavy atom. The number of aliphatic hydroxyl groups excluding tert-OH is 1. The summed E-state index contributed by atoms with van der Waals surface area (Å²) in [6.07, 6.45) is 1.47. The Morgan fingerprint density at radius 2 is 2.00 bits per heavy atom. The maximum absolute atomic E-state index is 12.2. The minimum absolute atomic E-state index is 0.0407. The van der Waals surface area contributed by atoms with Gasteiger partial charge in [0.1, 0.15) is 0 Å². The van der Waals surface area contributed by atoms with Crippen molar-refractivity contribution in [2.45, 2.75) is 39.7 Å². The second-order valence-electron chi connectivity index (χ2n) is 5.81. The zero-order chi connectivity index (χ0) is 14.7. The number of urea groups is 1. The van der Waals surface area contributed by atoms with Crippen LogP contribution in [0, 0.1) is 19.8 Å². The molecule has 1 saturated heterocycles. The van der Waals surface area contributed by atoms with Gasteiger partial charge in [0.25, 0.3) is 0 Å². The summed E-state index contributed by atoms with van der Waals surface area (Å²) in [5, 5.41) is 12.6. The van der Waals surface area contributed by atoms with Gasteiger partial charge in [0, 0.05) is 18.8 Å². The first-order valence-electron chi connectivity index (χ1n) is 7.28. The smallest absolute Gasteiger partial charge is 0.321 e. The topological polar surface area (TPSA) is 52.6 Å². The molecule has 0 bridgehead atoms. The summed E-state index contributed by atoms with van der Waals surface area (Å²) in [6, 6.07) is 5.98. The van der Waals surface area contributed by atoms with Crippen molar-refractivity contribution in [3.05, 3.63) is 29.3 Å². The molecule has 4 heteroatoms. The number of carbonyl (C=O) groups is 1. The second kappa shape index (κ2) is 6.27. The van der Waals surface area contributed by atoms with Crippen molar-refractivity contribution in [3.8, 4) is 0 Å². The Labute approximate surface area is 120 Å². The van der Waals surface area contributed by atoms with E-state index in [1.165, 1.54) is 5.56 Å². The SMILES string of the molecule is Cc1ccc(NC(=O)N2CCC(C(C)O)CC2)c(C)c1. The Hall–Kier alpha value is -1.55. The van der Waals surface area contributed by atoms with E-state index in [1.54, 1.807) is 0 Å². The van der Waals surface area contributed by atoms with E-state index < -0.39 is 0 Å². The number of piperidine rings is 1. The molecule has 4 nitrogen and oxygen atoms in total. The molecule has 1 aromatic rings. The monoisotopic (exact) mass is 276 g/mol. The van der Waals surface area contributed by atoms with E-state index in [0.29, 0.717) is 19.0 Å². The van der Waals surface area contributed by atoms with Crippen molar-refractivity contribution in [2.24, 2.45) is 5.92 Å². The Kier molecular flexibility index (Phi) is 4.65. The lowest BCUT2D eigenvalue weighted by Gasteiger charge is -2.33. The molecular weight excluding hydrogens is 252 g/mol. The Bertz CT molecular complexity index is 477. The van der Waals surface area contributed by atoms with Crippen molar-refractivity contribution in [3.63, 3.8) is 0 Å². The fraction of sp³-hybridized carbons (Fsp3) is 0.562. The summed E-state index contributed by atoms with van der Waals surface area (Å²) in [6.45, 7) is 7.30. The number of carbonyl (C=O) groups excluding carboxylic acids is 1. The molecule has 110 valence electrons. The number of nitrogens with zero attached hydrogens (tertiary/aromatic N) is 1. The molecule has 0 radical (unpaired) electrons. The molecule has 1 fully saturated rings. The number of aryl methyl sites for hydroxylation is 2. The van der Waals surface area contributed by atoms with E-state index in [9.17, 15) is 9.90 Å². The lowest BCUT2D eigenvalue weighted by atomic mass is 9.92. The van der Waals surface area contributed by atoms with E-state index in [4.69, 9.17) is 0 Å². The van der Waals surface area contributed by atoms with Crippen LogP contribution in [0.25, 0.3) is 0 Å². The second-order valence-corrected chi connectivity index (χ2v) is 5.81. The summed E-state index contributed by atoms with van der Waals surface area (Å²) in [5.41, 5.74) is 3.15. The van der Waals surface area contributed by atoms with Gasteiger partial charge in [-0.1, -0.05) is 17.7 Å². The van der Waals surface area contributed by atoms with Gasteiger partial charge >= 0.3 is 6.03 Å². The standard InChI is InChI=1S/C16H24N2O2/c1-11-4-5-15(12(2)10-11)17-16(20)18-8-6-14(7-9-18)13(3)19/h4-5,10,13-14,19H,6-9H2,1-3H3,(H,17,20). The fourth-order valence-electron chi connectivity index (χ4n) is 2.73. The predicted octanol–water partition coefficient (Wildman–Crippen LogP) is 2.93. The van der Waals surface area contributed by atoms with Crippen LogP contribution in [0.1, 0.15) is 30.9 Å². The Morgan fingerprint density at radius 3 is 2.55 bits per heavy atom. The number of hydrogen-bond donors (Lipinski definition) is 2. The zero-order valence-electron chi connectivity index (χ0n) is 12.5. The average Bonchev–Trinajstić information content (AvgIpc) is 2.42. The molecule has 1 aliphatic rings. The third-order valence-corrected chi connectivity index (χ3v) is 4.13. The van der Waals surface area contributed by atoms with Crippen LogP contribution in [-0.2, 0) is 0 Å². The van der Waals surface area contributed by atoms with Crippen molar-refractivity contribution >= 4 is 11.7 Å². The van der Waals surface area contributed by atoms with Crippen LogP contribution >= 0.6 is 0 Å². The zero-order valence-corrected chi connectivity index (χ0v) is 12.5. The van der Waals surface area contributed by atoms with Gasteiger partial charge in [-0.25, -0.2) is 4.79 Å². The largest absolute Gasteiger partial charge is 0.393 e. The summed E-state index contributed by atoms with van der Waals surface area (Å²) in [7, 11) is 0. The molecule has 1 aromatic carbocycles. The van der Waals surface area contributed by atoms with Gasteiger partial charge in [0.2, 0.25) is 0 Å². The highest BCUT2D eigenvalue weighted by molar-refractivity contribution is 5.90. The summed E-state index contributed by atoms with van der Waals surface area (Å²) < 4.78 is 0. The maximum Gasteiger partial charge on any atom is 0.321 e. The number of rotatable bonds is 2. The molecule has 2 rings (SSSR count). The summed E-state index contributed by atoms with van der Waals surface area (Å²) >= 11 is 0. The molecule has 1 heterocycles. The molecule has 2 N–H and O–H groups in total. The third kappa shape index (κ3) is 3.51. The van der Waals surface area contributed by atoms with Gasteiger partial charge in [-0.3, -0.25) is 0 Å². The highest BCUT2D eigenvalue weighted by atomic mass is 16.3. The van der Waals surface area contributed by atoms with Gasteiger partial charge < -0.3 is 15.3 Å². The maximum atomic E-state index is 12.2. The van der Waals surface area contributed by atoms with Crippen LogP contribution in [0.4, 0.5) is 10.5 Å². The van der Waals surface area contributed by atoms with E-state index in [2.05, 4.69) is 11.4 Å². The van der Waals surface area contributed by atoms with E-state index in [1.807, 2.05) is 37.8 Å². The molecule has 20 heavy (non-hydrogen) atoms.